The van der Waals surface area contributed by atoms with Gasteiger partial charge in [0.2, 0.25) is 18.4 Å². The maximum atomic E-state index is 11.1. The molecular formula is C18H31N2O6. The van der Waals surface area contributed by atoms with E-state index in [9.17, 15) is 25.0 Å². The Bertz CT molecular complexity index is 441. The van der Waals surface area contributed by atoms with Gasteiger partial charge in [0.1, 0.15) is 6.10 Å². The highest BCUT2D eigenvalue weighted by atomic mass is 16.6. The van der Waals surface area contributed by atoms with Crippen molar-refractivity contribution in [2.24, 2.45) is 0 Å². The summed E-state index contributed by atoms with van der Waals surface area (Å²) in [5.41, 5.74) is 0. The predicted molar refractivity (Wildman–Crippen MR) is 98.9 cm³/mol. The quantitative estimate of drug-likeness (QED) is 0.180. The fourth-order valence-electron chi connectivity index (χ4n) is 2.73. The summed E-state index contributed by atoms with van der Waals surface area (Å²) in [4.78, 5) is 31.7. The second-order valence-electron chi connectivity index (χ2n) is 6.58. The minimum absolute atomic E-state index is 0.228. The number of aliphatic hydroxyl groups excluding tert-OH is 1. The minimum Gasteiger partial charge on any atom is -0.385 e. The molecule has 0 aliphatic heterocycles. The lowest BCUT2D eigenvalue weighted by atomic mass is 10.0. The molecule has 0 aromatic carbocycles. The van der Waals surface area contributed by atoms with Gasteiger partial charge in [-0.05, 0) is 25.7 Å². The van der Waals surface area contributed by atoms with Gasteiger partial charge in [-0.15, -0.1) is 0 Å². The second kappa shape index (κ2) is 15.4. The molecule has 3 unspecified atom stereocenters. The first-order chi connectivity index (χ1) is 12.4. The third-order valence-corrected chi connectivity index (χ3v) is 4.38. The summed E-state index contributed by atoms with van der Waals surface area (Å²) in [7, 11) is 0. The van der Waals surface area contributed by atoms with Crippen LogP contribution < -0.4 is 0 Å². The second-order valence-corrected chi connectivity index (χ2v) is 6.58. The van der Waals surface area contributed by atoms with E-state index in [1.807, 2.05) is 0 Å². The minimum atomic E-state index is -1.11. The van der Waals surface area contributed by atoms with Crippen molar-refractivity contribution < 1.29 is 19.7 Å². The number of nitrogens with zero attached hydrogens (tertiary/aromatic N) is 2. The van der Waals surface area contributed by atoms with Crippen molar-refractivity contribution in [2.45, 2.75) is 95.7 Å². The van der Waals surface area contributed by atoms with Crippen molar-refractivity contribution in [1.82, 2.24) is 0 Å². The van der Waals surface area contributed by atoms with Crippen LogP contribution in [0.5, 0.6) is 0 Å². The molecule has 0 bridgehead atoms. The zero-order valence-corrected chi connectivity index (χ0v) is 15.5. The van der Waals surface area contributed by atoms with Crippen molar-refractivity contribution >= 4 is 6.29 Å². The molecule has 1 N–H and O–H groups in total. The molecule has 8 heteroatoms. The lowest BCUT2D eigenvalue weighted by Crippen LogP contribution is -2.19. The zero-order valence-electron chi connectivity index (χ0n) is 15.5. The smallest absolute Gasteiger partial charge is 0.229 e. The Morgan fingerprint density at radius 2 is 1.50 bits per heavy atom. The molecular weight excluding hydrogens is 340 g/mol. The Kier molecular flexibility index (Phi) is 14.3. The van der Waals surface area contributed by atoms with Crippen LogP contribution in [-0.4, -0.2) is 39.4 Å². The summed E-state index contributed by atoms with van der Waals surface area (Å²) in [6.45, 7) is 2.05. The number of allylic oxidation sites excluding steroid dienone is 1. The van der Waals surface area contributed by atoms with Crippen molar-refractivity contribution in [2.75, 3.05) is 0 Å². The number of rotatable bonds is 17. The van der Waals surface area contributed by atoms with Gasteiger partial charge >= 0.3 is 0 Å². The number of carbonyl (C=O) groups excluding carboxylic acids is 1. The highest BCUT2D eigenvalue weighted by molar-refractivity contribution is 5.56. The van der Waals surface area contributed by atoms with Gasteiger partial charge < -0.3 is 5.11 Å². The lowest BCUT2D eigenvalue weighted by Gasteiger charge is -2.08. The van der Waals surface area contributed by atoms with E-state index in [-0.39, 0.29) is 22.7 Å². The van der Waals surface area contributed by atoms with Crippen LogP contribution in [0.2, 0.25) is 0 Å². The fourth-order valence-corrected chi connectivity index (χ4v) is 2.73. The molecule has 3 atom stereocenters. The molecule has 0 aromatic rings. The summed E-state index contributed by atoms with van der Waals surface area (Å²) >= 11 is 0. The van der Waals surface area contributed by atoms with Crippen LogP contribution in [-0.2, 0) is 4.79 Å². The summed E-state index contributed by atoms with van der Waals surface area (Å²) in [6.07, 6.45) is 10.3. The normalized spacial score (nSPS) is 14.8. The zero-order chi connectivity index (χ0) is 19.8. The van der Waals surface area contributed by atoms with Gasteiger partial charge in [-0.3, -0.25) is 25.0 Å². The monoisotopic (exact) mass is 371 g/mol. The van der Waals surface area contributed by atoms with Crippen LogP contribution in [0.15, 0.2) is 12.2 Å². The molecule has 0 saturated heterocycles. The standard InChI is InChI=1S/C18H31N2O6/c1-2-3-5-10-16(19(23)24)11-6-4-7-12-17(20(25)26)13-8-9-14-18(22)15-21/h4,7,16-18,22H,2-3,5-6,8-14H2,1H3/b7-4+. The Balaban J connectivity index is 4.12. The molecule has 26 heavy (non-hydrogen) atoms. The van der Waals surface area contributed by atoms with E-state index in [0.717, 1.165) is 19.3 Å². The van der Waals surface area contributed by atoms with Crippen molar-refractivity contribution in [3.63, 3.8) is 0 Å². The predicted octanol–water partition coefficient (Wildman–Crippen LogP) is 3.61. The van der Waals surface area contributed by atoms with Gasteiger partial charge in [0, 0.05) is 35.5 Å². The van der Waals surface area contributed by atoms with Crippen molar-refractivity contribution in [3.05, 3.63) is 32.4 Å². The average Bonchev–Trinajstić information content (AvgIpc) is 2.60. The highest BCUT2D eigenvalue weighted by Gasteiger charge is 2.19. The molecule has 8 nitrogen and oxygen atoms in total. The Morgan fingerprint density at radius 3 is 2.08 bits per heavy atom. The third kappa shape index (κ3) is 12.5. The largest absolute Gasteiger partial charge is 0.385 e. The maximum absolute atomic E-state index is 11.1. The summed E-state index contributed by atoms with van der Waals surface area (Å²) < 4.78 is 0. The molecule has 0 amide bonds. The van der Waals surface area contributed by atoms with Crippen LogP contribution in [0.4, 0.5) is 0 Å². The van der Waals surface area contributed by atoms with Crippen molar-refractivity contribution in [3.8, 4) is 0 Å². The average molecular weight is 371 g/mol. The molecule has 0 heterocycles. The molecule has 149 valence electrons. The van der Waals surface area contributed by atoms with E-state index in [1.54, 1.807) is 12.2 Å². The van der Waals surface area contributed by atoms with E-state index < -0.39 is 18.2 Å². The molecule has 0 aromatic heterocycles. The highest BCUT2D eigenvalue weighted by Crippen LogP contribution is 2.14. The van der Waals surface area contributed by atoms with Gasteiger partial charge in [-0.1, -0.05) is 38.3 Å². The first-order valence-corrected chi connectivity index (χ1v) is 9.40. The van der Waals surface area contributed by atoms with E-state index in [2.05, 4.69) is 6.92 Å². The van der Waals surface area contributed by atoms with Crippen LogP contribution >= 0.6 is 0 Å². The van der Waals surface area contributed by atoms with Gasteiger partial charge in [0.15, 0.2) is 0 Å². The number of unbranched alkanes of at least 4 members (excludes halogenated alkanes) is 3. The third-order valence-electron chi connectivity index (χ3n) is 4.38. The lowest BCUT2D eigenvalue weighted by molar-refractivity contribution is -0.524. The van der Waals surface area contributed by atoms with E-state index in [0.29, 0.717) is 38.5 Å². The molecule has 0 spiro atoms. The molecule has 0 rings (SSSR count). The SMILES string of the molecule is CCCCCC(CC/C=C/CC(CCCCC(O)[C]=O)[N+](=O)[O-])[N+](=O)[O-]. The Hall–Kier alpha value is -1.83. The number of hydrogen-bond acceptors (Lipinski definition) is 6. The van der Waals surface area contributed by atoms with Gasteiger partial charge in [-0.25, -0.2) is 0 Å². The molecule has 0 saturated carbocycles. The van der Waals surface area contributed by atoms with Crippen molar-refractivity contribution in [1.29, 1.82) is 0 Å². The van der Waals surface area contributed by atoms with Gasteiger partial charge in [0.05, 0.1) is 0 Å². The summed E-state index contributed by atoms with van der Waals surface area (Å²) in [6, 6.07) is -1.25. The van der Waals surface area contributed by atoms with Crippen LogP contribution in [0.25, 0.3) is 0 Å². The molecule has 1 radical (unpaired) electrons. The summed E-state index contributed by atoms with van der Waals surface area (Å²) in [5, 5.41) is 31.2. The maximum Gasteiger partial charge on any atom is 0.229 e. The first kappa shape index (κ1) is 24.2. The Morgan fingerprint density at radius 1 is 0.923 bits per heavy atom. The Labute approximate surface area is 155 Å². The summed E-state index contributed by atoms with van der Waals surface area (Å²) in [5.74, 6) is 0. The van der Waals surface area contributed by atoms with E-state index in [4.69, 9.17) is 5.11 Å². The molecule has 0 aliphatic carbocycles. The fraction of sp³-hybridized carbons (Fsp3) is 0.833. The van der Waals surface area contributed by atoms with Crippen LogP contribution in [0.1, 0.15) is 77.6 Å². The van der Waals surface area contributed by atoms with Gasteiger partial charge in [-0.2, -0.15) is 0 Å². The number of aliphatic hydroxyl groups is 1. The van der Waals surface area contributed by atoms with E-state index in [1.165, 1.54) is 6.29 Å². The topological polar surface area (TPSA) is 124 Å². The number of hydrogen-bond donors (Lipinski definition) is 1. The molecule has 0 fully saturated rings. The van der Waals surface area contributed by atoms with Crippen LogP contribution in [0, 0.1) is 20.2 Å². The molecule has 0 aliphatic rings. The first-order valence-electron chi connectivity index (χ1n) is 9.40. The van der Waals surface area contributed by atoms with Gasteiger partial charge in [0.25, 0.3) is 0 Å². The van der Waals surface area contributed by atoms with Crippen LogP contribution in [0.3, 0.4) is 0 Å². The van der Waals surface area contributed by atoms with E-state index >= 15 is 0 Å². The number of nitro groups is 2.